The van der Waals surface area contributed by atoms with Crippen LogP contribution in [0.4, 0.5) is 0 Å². The van der Waals surface area contributed by atoms with E-state index >= 15 is 0 Å². The molecule has 0 amide bonds. The third-order valence-corrected chi connectivity index (χ3v) is 5.73. The van der Waals surface area contributed by atoms with Gasteiger partial charge in [0.1, 0.15) is 0 Å². The van der Waals surface area contributed by atoms with Crippen molar-refractivity contribution in [2.75, 3.05) is 39.0 Å². The second kappa shape index (κ2) is 6.56. The summed E-state index contributed by atoms with van der Waals surface area (Å²) in [6, 6.07) is 8.65. The predicted molar refractivity (Wildman–Crippen MR) is 81.7 cm³/mol. The molecule has 0 N–H and O–H groups in total. The Morgan fingerprint density at radius 3 is 2.81 bits per heavy atom. The molecule has 5 nitrogen and oxygen atoms in total. The van der Waals surface area contributed by atoms with Gasteiger partial charge in [-0.2, -0.15) is 5.26 Å². The Labute approximate surface area is 126 Å². The normalized spacial score (nSPS) is 21.1. The molecular weight excluding hydrogens is 286 g/mol. The SMILES string of the molecule is CC1CN(CCS(=O)(=O)c2cccc(C#N)c2)CCN1C. The van der Waals surface area contributed by atoms with Crippen molar-refractivity contribution in [2.24, 2.45) is 0 Å². The first-order valence-corrected chi connectivity index (χ1v) is 8.73. The van der Waals surface area contributed by atoms with Crippen LogP contribution in [0, 0.1) is 11.3 Å². The largest absolute Gasteiger partial charge is 0.301 e. The van der Waals surface area contributed by atoms with Crippen LogP contribution in [0.2, 0.25) is 0 Å². The molecule has 0 radical (unpaired) electrons. The van der Waals surface area contributed by atoms with Crippen LogP contribution in [0.15, 0.2) is 29.2 Å². The van der Waals surface area contributed by atoms with E-state index in [9.17, 15) is 8.42 Å². The molecule has 2 rings (SSSR count). The van der Waals surface area contributed by atoms with Gasteiger partial charge in [-0.1, -0.05) is 6.07 Å². The lowest BCUT2D eigenvalue weighted by Gasteiger charge is -2.37. The van der Waals surface area contributed by atoms with Crippen LogP contribution >= 0.6 is 0 Å². The Balaban J connectivity index is 2.00. The number of nitrogens with zero attached hydrogens (tertiary/aromatic N) is 3. The third kappa shape index (κ3) is 4.03. The maximum atomic E-state index is 12.3. The molecular formula is C15H21N3O2S. The first-order valence-electron chi connectivity index (χ1n) is 7.08. The van der Waals surface area contributed by atoms with Crippen molar-refractivity contribution in [1.29, 1.82) is 5.26 Å². The monoisotopic (exact) mass is 307 g/mol. The molecule has 114 valence electrons. The molecule has 0 bridgehead atoms. The highest BCUT2D eigenvalue weighted by molar-refractivity contribution is 7.91. The van der Waals surface area contributed by atoms with E-state index in [0.29, 0.717) is 18.2 Å². The summed E-state index contributed by atoms with van der Waals surface area (Å²) in [7, 11) is -1.24. The summed E-state index contributed by atoms with van der Waals surface area (Å²) >= 11 is 0. The lowest BCUT2D eigenvalue weighted by molar-refractivity contribution is 0.110. The van der Waals surface area contributed by atoms with E-state index in [1.54, 1.807) is 18.2 Å². The average Bonchev–Trinajstić information content (AvgIpc) is 2.48. The number of rotatable bonds is 4. The number of benzene rings is 1. The van der Waals surface area contributed by atoms with Gasteiger partial charge in [0.25, 0.3) is 0 Å². The zero-order valence-electron chi connectivity index (χ0n) is 12.5. The minimum atomic E-state index is -3.33. The first kappa shape index (κ1) is 16.0. The zero-order chi connectivity index (χ0) is 15.5. The van der Waals surface area contributed by atoms with Crippen molar-refractivity contribution in [3.8, 4) is 6.07 Å². The van der Waals surface area contributed by atoms with Gasteiger partial charge in [-0.05, 0) is 32.2 Å². The number of piperazine rings is 1. The van der Waals surface area contributed by atoms with E-state index in [2.05, 4.69) is 23.8 Å². The molecule has 1 fully saturated rings. The summed E-state index contributed by atoms with van der Waals surface area (Å²) in [4.78, 5) is 4.71. The molecule has 1 heterocycles. The van der Waals surface area contributed by atoms with Gasteiger partial charge in [0.15, 0.2) is 9.84 Å². The van der Waals surface area contributed by atoms with Crippen molar-refractivity contribution in [1.82, 2.24) is 9.80 Å². The Hall–Kier alpha value is -1.42. The minimum Gasteiger partial charge on any atom is -0.301 e. The van der Waals surface area contributed by atoms with Crippen LogP contribution in [-0.4, -0.2) is 63.2 Å². The second-order valence-corrected chi connectivity index (χ2v) is 7.70. The summed E-state index contributed by atoms with van der Waals surface area (Å²) in [5.74, 6) is 0.0956. The van der Waals surface area contributed by atoms with E-state index in [-0.39, 0.29) is 10.6 Å². The Kier molecular flexibility index (Phi) is 4.99. The minimum absolute atomic E-state index is 0.0956. The Morgan fingerprint density at radius 2 is 2.14 bits per heavy atom. The third-order valence-electron chi connectivity index (χ3n) is 4.04. The van der Waals surface area contributed by atoms with Crippen molar-refractivity contribution < 1.29 is 8.42 Å². The van der Waals surface area contributed by atoms with E-state index in [0.717, 1.165) is 19.6 Å². The molecule has 6 heteroatoms. The summed E-state index contributed by atoms with van der Waals surface area (Å²) < 4.78 is 24.7. The van der Waals surface area contributed by atoms with E-state index in [1.807, 2.05) is 6.07 Å². The molecule has 1 unspecified atom stereocenters. The topological polar surface area (TPSA) is 64.4 Å². The maximum absolute atomic E-state index is 12.3. The van der Waals surface area contributed by atoms with Crippen LogP contribution < -0.4 is 0 Å². The number of sulfone groups is 1. The van der Waals surface area contributed by atoms with Gasteiger partial charge in [0.2, 0.25) is 0 Å². The highest BCUT2D eigenvalue weighted by Gasteiger charge is 2.23. The fraction of sp³-hybridized carbons (Fsp3) is 0.533. The van der Waals surface area contributed by atoms with Gasteiger partial charge in [-0.3, -0.25) is 4.90 Å². The summed E-state index contributed by atoms with van der Waals surface area (Å²) in [6.07, 6.45) is 0. The first-order chi connectivity index (χ1) is 9.92. The Morgan fingerprint density at radius 1 is 1.38 bits per heavy atom. The van der Waals surface area contributed by atoms with E-state index < -0.39 is 9.84 Å². The van der Waals surface area contributed by atoms with Gasteiger partial charge in [-0.25, -0.2) is 8.42 Å². The number of nitriles is 1. The molecule has 0 saturated carbocycles. The van der Waals surface area contributed by atoms with E-state index in [4.69, 9.17) is 5.26 Å². The van der Waals surface area contributed by atoms with Gasteiger partial charge in [-0.15, -0.1) is 0 Å². The average molecular weight is 307 g/mol. The lowest BCUT2D eigenvalue weighted by atomic mass is 10.2. The fourth-order valence-corrected chi connectivity index (χ4v) is 3.78. The molecule has 0 spiro atoms. The van der Waals surface area contributed by atoms with Gasteiger partial charge in [0.05, 0.1) is 22.3 Å². The molecule has 1 aliphatic rings. The Bertz CT molecular complexity index is 637. The van der Waals surface area contributed by atoms with E-state index in [1.165, 1.54) is 6.07 Å². The van der Waals surface area contributed by atoms with Crippen molar-refractivity contribution >= 4 is 9.84 Å². The highest BCUT2D eigenvalue weighted by Crippen LogP contribution is 2.14. The lowest BCUT2D eigenvalue weighted by Crippen LogP contribution is -2.50. The van der Waals surface area contributed by atoms with Crippen LogP contribution in [0.3, 0.4) is 0 Å². The van der Waals surface area contributed by atoms with Gasteiger partial charge in [0, 0.05) is 32.2 Å². The quantitative estimate of drug-likeness (QED) is 0.829. The highest BCUT2D eigenvalue weighted by atomic mass is 32.2. The standard InChI is InChI=1S/C15H21N3O2S/c1-13-12-18(7-6-17(13)2)8-9-21(19,20)15-5-3-4-14(10-15)11-16/h3-5,10,13H,6-9,12H2,1-2H3. The molecule has 0 aromatic heterocycles. The smallest absolute Gasteiger partial charge is 0.179 e. The molecule has 1 saturated heterocycles. The molecule has 1 atom stereocenters. The van der Waals surface area contributed by atoms with Crippen LogP contribution in [0.5, 0.6) is 0 Å². The van der Waals surface area contributed by atoms with Gasteiger partial charge < -0.3 is 4.90 Å². The van der Waals surface area contributed by atoms with Crippen molar-refractivity contribution in [3.63, 3.8) is 0 Å². The van der Waals surface area contributed by atoms with Crippen LogP contribution in [0.1, 0.15) is 12.5 Å². The number of likely N-dealkylation sites (N-methyl/N-ethyl adjacent to an activating group) is 1. The molecule has 21 heavy (non-hydrogen) atoms. The zero-order valence-corrected chi connectivity index (χ0v) is 13.3. The predicted octanol–water partition coefficient (Wildman–Crippen LogP) is 0.968. The molecule has 1 aliphatic heterocycles. The van der Waals surface area contributed by atoms with Crippen molar-refractivity contribution in [3.05, 3.63) is 29.8 Å². The molecule has 1 aromatic rings. The number of hydrogen-bond acceptors (Lipinski definition) is 5. The maximum Gasteiger partial charge on any atom is 0.179 e. The molecule has 1 aromatic carbocycles. The fourth-order valence-electron chi connectivity index (χ4n) is 2.45. The summed E-state index contributed by atoms with van der Waals surface area (Å²) in [5, 5.41) is 8.86. The summed E-state index contributed by atoms with van der Waals surface area (Å²) in [5.41, 5.74) is 0.379. The van der Waals surface area contributed by atoms with Crippen LogP contribution in [-0.2, 0) is 9.84 Å². The number of hydrogen-bond donors (Lipinski definition) is 0. The second-order valence-electron chi connectivity index (χ2n) is 5.59. The van der Waals surface area contributed by atoms with Crippen molar-refractivity contribution in [2.45, 2.75) is 17.9 Å². The van der Waals surface area contributed by atoms with Crippen LogP contribution in [0.25, 0.3) is 0 Å². The summed E-state index contributed by atoms with van der Waals surface area (Å²) in [6.45, 7) is 5.44. The molecule has 0 aliphatic carbocycles. The van der Waals surface area contributed by atoms with Gasteiger partial charge >= 0.3 is 0 Å².